The minimum Gasteiger partial charge on any atom is -0.340 e. The molecule has 29 heavy (non-hydrogen) atoms. The van der Waals surface area contributed by atoms with E-state index in [4.69, 9.17) is 11.6 Å². The van der Waals surface area contributed by atoms with Gasteiger partial charge in [0.2, 0.25) is 11.8 Å². The molecule has 0 atom stereocenters. The molecule has 0 aromatic heterocycles. The van der Waals surface area contributed by atoms with Crippen LogP contribution in [0.5, 0.6) is 0 Å². The summed E-state index contributed by atoms with van der Waals surface area (Å²) in [6.45, 7) is 7.10. The van der Waals surface area contributed by atoms with E-state index in [0.29, 0.717) is 50.6 Å². The van der Waals surface area contributed by atoms with Crippen LogP contribution in [0.3, 0.4) is 0 Å². The van der Waals surface area contributed by atoms with Crippen LogP contribution in [0, 0.1) is 13.8 Å². The van der Waals surface area contributed by atoms with Crippen LogP contribution in [0.4, 0.5) is 5.69 Å². The first-order chi connectivity index (χ1) is 13.9. The molecule has 2 aromatic rings. The summed E-state index contributed by atoms with van der Waals surface area (Å²) in [7, 11) is 0. The fourth-order valence-corrected chi connectivity index (χ4v) is 3.77. The Bertz CT molecular complexity index is 876. The molecule has 1 heterocycles. The number of rotatable bonds is 6. The highest BCUT2D eigenvalue weighted by Crippen LogP contribution is 2.19. The lowest BCUT2D eigenvalue weighted by atomic mass is 10.1. The topological polar surface area (TPSA) is 52.7 Å². The van der Waals surface area contributed by atoms with Crippen LogP contribution in [0.2, 0.25) is 5.02 Å². The number of anilines is 1. The second kappa shape index (κ2) is 9.90. The van der Waals surface area contributed by atoms with Crippen molar-refractivity contribution in [1.29, 1.82) is 0 Å². The number of carbonyl (C=O) groups excluding carboxylic acids is 2. The molecule has 5 nitrogen and oxygen atoms in total. The fraction of sp³-hybridized carbons (Fsp3) is 0.391. The Morgan fingerprint density at radius 2 is 1.72 bits per heavy atom. The predicted octanol–water partition coefficient (Wildman–Crippen LogP) is 3.67. The average Bonchev–Trinajstić information content (AvgIpc) is 2.71. The maximum atomic E-state index is 12.5. The largest absolute Gasteiger partial charge is 0.340 e. The van der Waals surface area contributed by atoms with Gasteiger partial charge in [0.15, 0.2) is 0 Å². The zero-order chi connectivity index (χ0) is 20.8. The summed E-state index contributed by atoms with van der Waals surface area (Å²) < 4.78 is 0. The van der Waals surface area contributed by atoms with E-state index in [9.17, 15) is 9.59 Å². The van der Waals surface area contributed by atoms with Crippen LogP contribution < -0.4 is 5.32 Å². The number of hydrogen-bond donors (Lipinski definition) is 1. The minimum atomic E-state index is -0.0165. The maximum absolute atomic E-state index is 12.5. The number of benzene rings is 2. The Labute approximate surface area is 177 Å². The van der Waals surface area contributed by atoms with Gasteiger partial charge in [0.1, 0.15) is 0 Å². The van der Waals surface area contributed by atoms with E-state index in [1.807, 2.05) is 61.2 Å². The van der Waals surface area contributed by atoms with Crippen LogP contribution in [0.25, 0.3) is 0 Å². The maximum Gasteiger partial charge on any atom is 0.238 e. The molecule has 1 fully saturated rings. The van der Waals surface area contributed by atoms with Gasteiger partial charge >= 0.3 is 0 Å². The molecule has 1 N–H and O–H groups in total. The third-order valence-corrected chi connectivity index (χ3v) is 5.91. The van der Waals surface area contributed by atoms with E-state index in [1.54, 1.807) is 0 Å². The van der Waals surface area contributed by atoms with Crippen molar-refractivity contribution in [3.05, 3.63) is 64.2 Å². The highest BCUT2D eigenvalue weighted by Gasteiger charge is 2.22. The molecular formula is C23H28ClN3O2. The van der Waals surface area contributed by atoms with Gasteiger partial charge in [0, 0.05) is 43.3 Å². The van der Waals surface area contributed by atoms with E-state index in [1.165, 1.54) is 0 Å². The zero-order valence-electron chi connectivity index (χ0n) is 17.1. The van der Waals surface area contributed by atoms with E-state index in [2.05, 4.69) is 10.2 Å². The molecule has 2 amide bonds. The van der Waals surface area contributed by atoms with E-state index in [-0.39, 0.29) is 11.8 Å². The number of amides is 2. The lowest BCUT2D eigenvalue weighted by Gasteiger charge is -2.34. The second-order valence-electron chi connectivity index (χ2n) is 7.54. The molecule has 0 radical (unpaired) electrons. The molecule has 0 spiro atoms. The Kier molecular flexibility index (Phi) is 7.29. The molecule has 1 saturated heterocycles. The van der Waals surface area contributed by atoms with Crippen molar-refractivity contribution in [1.82, 2.24) is 9.80 Å². The van der Waals surface area contributed by atoms with Crippen LogP contribution in [-0.4, -0.2) is 54.3 Å². The molecule has 1 aliphatic rings. The van der Waals surface area contributed by atoms with Crippen LogP contribution in [0.15, 0.2) is 42.5 Å². The normalized spacial score (nSPS) is 14.7. The Hall–Kier alpha value is -2.37. The van der Waals surface area contributed by atoms with Crippen LogP contribution >= 0.6 is 11.6 Å². The van der Waals surface area contributed by atoms with Gasteiger partial charge in [-0.25, -0.2) is 0 Å². The van der Waals surface area contributed by atoms with Gasteiger partial charge in [-0.1, -0.05) is 41.9 Å². The van der Waals surface area contributed by atoms with Gasteiger partial charge < -0.3 is 10.2 Å². The first-order valence-corrected chi connectivity index (χ1v) is 10.4. The number of carbonyl (C=O) groups is 2. The molecule has 0 unspecified atom stereocenters. The molecule has 0 aliphatic carbocycles. The molecule has 2 aromatic carbocycles. The van der Waals surface area contributed by atoms with Crippen molar-refractivity contribution in [2.24, 2.45) is 0 Å². The van der Waals surface area contributed by atoms with E-state index < -0.39 is 0 Å². The van der Waals surface area contributed by atoms with Gasteiger partial charge in [-0.05, 0) is 49.1 Å². The number of halogens is 1. The van der Waals surface area contributed by atoms with Gasteiger partial charge in [0.25, 0.3) is 0 Å². The third kappa shape index (κ3) is 5.81. The minimum absolute atomic E-state index is 0.0165. The molecule has 3 rings (SSSR count). The SMILES string of the molecule is Cc1cccc(NC(=O)CN2CCN(C(=O)CCc3ccccc3Cl)CC2)c1C. The van der Waals surface area contributed by atoms with Gasteiger partial charge in [0.05, 0.1) is 6.54 Å². The highest BCUT2D eigenvalue weighted by molar-refractivity contribution is 6.31. The van der Waals surface area contributed by atoms with Crippen LogP contribution in [0.1, 0.15) is 23.1 Å². The average molecular weight is 414 g/mol. The number of nitrogens with one attached hydrogen (secondary N) is 1. The highest BCUT2D eigenvalue weighted by atomic mass is 35.5. The zero-order valence-corrected chi connectivity index (χ0v) is 17.8. The lowest BCUT2D eigenvalue weighted by Crippen LogP contribution is -2.50. The Balaban J connectivity index is 1.43. The first-order valence-electron chi connectivity index (χ1n) is 10.0. The van der Waals surface area contributed by atoms with Gasteiger partial charge in [-0.3, -0.25) is 14.5 Å². The molecule has 1 aliphatic heterocycles. The molecule has 154 valence electrons. The smallest absolute Gasteiger partial charge is 0.238 e. The summed E-state index contributed by atoms with van der Waals surface area (Å²) >= 11 is 6.17. The number of aryl methyl sites for hydroxylation is 2. The van der Waals surface area contributed by atoms with Crippen molar-refractivity contribution >= 4 is 29.1 Å². The van der Waals surface area contributed by atoms with Crippen molar-refractivity contribution in [3.63, 3.8) is 0 Å². The molecule has 6 heteroatoms. The fourth-order valence-electron chi connectivity index (χ4n) is 3.54. The summed E-state index contributed by atoms with van der Waals surface area (Å²) in [5, 5.41) is 3.71. The standard InChI is InChI=1S/C23H28ClN3O2/c1-17-6-5-9-21(18(17)2)25-22(28)16-26-12-14-27(15-13-26)23(29)11-10-19-7-3-4-8-20(19)24/h3-9H,10-16H2,1-2H3,(H,25,28). The molecule has 0 saturated carbocycles. The van der Waals surface area contributed by atoms with Crippen molar-refractivity contribution in [2.75, 3.05) is 38.0 Å². The van der Waals surface area contributed by atoms with Crippen molar-refractivity contribution in [2.45, 2.75) is 26.7 Å². The summed E-state index contributed by atoms with van der Waals surface area (Å²) in [5.41, 5.74) is 4.12. The van der Waals surface area contributed by atoms with E-state index >= 15 is 0 Å². The van der Waals surface area contributed by atoms with Crippen molar-refractivity contribution in [3.8, 4) is 0 Å². The van der Waals surface area contributed by atoms with E-state index in [0.717, 1.165) is 22.4 Å². The lowest BCUT2D eigenvalue weighted by molar-refractivity contribution is -0.133. The Morgan fingerprint density at radius 1 is 1.00 bits per heavy atom. The summed E-state index contributed by atoms with van der Waals surface area (Å²) in [4.78, 5) is 28.9. The predicted molar refractivity (Wildman–Crippen MR) is 117 cm³/mol. The summed E-state index contributed by atoms with van der Waals surface area (Å²) in [6.07, 6.45) is 1.10. The Morgan fingerprint density at radius 3 is 2.45 bits per heavy atom. The number of nitrogens with zero attached hydrogens (tertiary/aromatic N) is 2. The monoisotopic (exact) mass is 413 g/mol. The molecular weight excluding hydrogens is 386 g/mol. The summed E-state index contributed by atoms with van der Waals surface area (Å²) in [6, 6.07) is 13.6. The second-order valence-corrected chi connectivity index (χ2v) is 7.95. The summed E-state index contributed by atoms with van der Waals surface area (Å²) in [5.74, 6) is 0.126. The number of hydrogen-bond acceptors (Lipinski definition) is 3. The number of piperazine rings is 1. The van der Waals surface area contributed by atoms with Gasteiger partial charge in [-0.15, -0.1) is 0 Å². The van der Waals surface area contributed by atoms with Crippen LogP contribution in [-0.2, 0) is 16.0 Å². The first kappa shape index (κ1) is 21.3. The molecule has 0 bridgehead atoms. The third-order valence-electron chi connectivity index (χ3n) is 5.54. The van der Waals surface area contributed by atoms with Crippen molar-refractivity contribution < 1.29 is 9.59 Å². The van der Waals surface area contributed by atoms with Gasteiger partial charge in [-0.2, -0.15) is 0 Å². The quantitative estimate of drug-likeness (QED) is 0.786.